The van der Waals surface area contributed by atoms with E-state index in [0.29, 0.717) is 0 Å². The summed E-state index contributed by atoms with van der Waals surface area (Å²) in [5.74, 6) is 0. The van der Waals surface area contributed by atoms with Crippen LogP contribution in [0, 0.1) is 0 Å². The lowest BCUT2D eigenvalue weighted by molar-refractivity contribution is 0.0945. The minimum absolute atomic E-state index is 0.108. The van der Waals surface area contributed by atoms with Crippen molar-refractivity contribution in [1.29, 1.82) is 0 Å². The molecule has 1 atom stereocenters. The zero-order valence-electron chi connectivity index (χ0n) is 9.75. The fraction of sp³-hybridized carbons (Fsp3) is 0.538. The third-order valence-electron chi connectivity index (χ3n) is 2.98. The molecular formula is C13H18Br2O. The third kappa shape index (κ3) is 3.31. The zero-order chi connectivity index (χ0) is 12.0. The third-order valence-corrected chi connectivity index (χ3v) is 5.13. The van der Waals surface area contributed by atoms with Crippen molar-refractivity contribution in [1.82, 2.24) is 0 Å². The van der Waals surface area contributed by atoms with Crippen molar-refractivity contribution < 1.29 is 4.74 Å². The van der Waals surface area contributed by atoms with Gasteiger partial charge in [0.2, 0.25) is 0 Å². The van der Waals surface area contributed by atoms with E-state index < -0.39 is 0 Å². The maximum Gasteiger partial charge on any atom is 0.0552 e. The summed E-state index contributed by atoms with van der Waals surface area (Å²) < 4.78 is 5.39. The standard InChI is InChI=1S/C13H18Br2O/c1-11(16-2)8-13(9-14,10-15)12-6-4-3-5-7-12/h3-7,11H,8-10H2,1-2H3. The molecule has 0 aromatic heterocycles. The molecule has 0 aliphatic carbocycles. The molecule has 1 unspecified atom stereocenters. The first-order valence-corrected chi connectivity index (χ1v) is 7.63. The van der Waals surface area contributed by atoms with Crippen LogP contribution in [0.5, 0.6) is 0 Å². The lowest BCUT2D eigenvalue weighted by atomic mass is 9.80. The molecule has 90 valence electrons. The summed E-state index contributed by atoms with van der Waals surface area (Å²) in [5, 5.41) is 1.87. The SMILES string of the molecule is COC(C)CC(CBr)(CBr)c1ccccc1. The first-order valence-electron chi connectivity index (χ1n) is 5.39. The van der Waals surface area contributed by atoms with Crippen LogP contribution in [0.4, 0.5) is 0 Å². The van der Waals surface area contributed by atoms with Gasteiger partial charge in [0.25, 0.3) is 0 Å². The number of alkyl halides is 2. The van der Waals surface area contributed by atoms with Gasteiger partial charge in [-0.2, -0.15) is 0 Å². The fourth-order valence-corrected chi connectivity index (χ4v) is 3.88. The van der Waals surface area contributed by atoms with E-state index in [4.69, 9.17) is 4.74 Å². The normalized spacial score (nSPS) is 13.8. The maximum atomic E-state index is 5.39. The van der Waals surface area contributed by atoms with Crippen LogP contribution in [0.25, 0.3) is 0 Å². The van der Waals surface area contributed by atoms with Crippen molar-refractivity contribution >= 4 is 31.9 Å². The predicted octanol–water partition coefficient (Wildman–Crippen LogP) is 4.14. The first-order chi connectivity index (χ1) is 7.68. The number of methoxy groups -OCH3 is 1. The smallest absolute Gasteiger partial charge is 0.0552 e. The topological polar surface area (TPSA) is 9.23 Å². The molecular weight excluding hydrogens is 332 g/mol. The van der Waals surface area contributed by atoms with E-state index >= 15 is 0 Å². The van der Waals surface area contributed by atoms with Crippen LogP contribution >= 0.6 is 31.9 Å². The fourth-order valence-electron chi connectivity index (χ4n) is 1.84. The van der Waals surface area contributed by atoms with Gasteiger partial charge in [0.15, 0.2) is 0 Å². The monoisotopic (exact) mass is 348 g/mol. The van der Waals surface area contributed by atoms with Crippen LogP contribution in [0.1, 0.15) is 18.9 Å². The Kier molecular flexibility index (Phi) is 6.01. The van der Waals surface area contributed by atoms with Gasteiger partial charge in [0, 0.05) is 23.2 Å². The molecule has 3 heteroatoms. The van der Waals surface area contributed by atoms with Crippen LogP contribution in [0.2, 0.25) is 0 Å². The molecule has 16 heavy (non-hydrogen) atoms. The van der Waals surface area contributed by atoms with Crippen molar-refractivity contribution in [2.45, 2.75) is 24.9 Å². The van der Waals surface area contributed by atoms with Gasteiger partial charge in [0.1, 0.15) is 0 Å². The molecule has 0 amide bonds. The second kappa shape index (κ2) is 6.77. The van der Waals surface area contributed by atoms with Crippen molar-refractivity contribution in [2.24, 2.45) is 0 Å². The maximum absolute atomic E-state index is 5.39. The molecule has 1 rings (SSSR count). The Hall–Kier alpha value is 0.140. The van der Waals surface area contributed by atoms with E-state index in [-0.39, 0.29) is 11.5 Å². The second-order valence-corrected chi connectivity index (χ2v) is 5.29. The lowest BCUT2D eigenvalue weighted by Crippen LogP contribution is -2.34. The highest BCUT2D eigenvalue weighted by Gasteiger charge is 2.31. The minimum atomic E-state index is 0.108. The molecule has 0 aliphatic rings. The van der Waals surface area contributed by atoms with Crippen LogP contribution in [0.15, 0.2) is 30.3 Å². The minimum Gasteiger partial charge on any atom is -0.382 e. The number of rotatable bonds is 6. The molecule has 0 aliphatic heterocycles. The van der Waals surface area contributed by atoms with Crippen LogP contribution in [-0.4, -0.2) is 23.9 Å². The summed E-state index contributed by atoms with van der Waals surface area (Å²) in [4.78, 5) is 0. The van der Waals surface area contributed by atoms with Crippen LogP contribution in [0.3, 0.4) is 0 Å². The van der Waals surface area contributed by atoms with E-state index in [0.717, 1.165) is 17.1 Å². The van der Waals surface area contributed by atoms with Gasteiger partial charge in [-0.1, -0.05) is 62.2 Å². The summed E-state index contributed by atoms with van der Waals surface area (Å²) in [6.45, 7) is 2.11. The highest BCUT2D eigenvalue weighted by atomic mass is 79.9. The van der Waals surface area contributed by atoms with E-state index in [1.165, 1.54) is 5.56 Å². The van der Waals surface area contributed by atoms with Gasteiger partial charge in [-0.05, 0) is 18.9 Å². The molecule has 0 N–H and O–H groups in total. The molecule has 0 heterocycles. The van der Waals surface area contributed by atoms with Gasteiger partial charge in [0.05, 0.1) is 6.10 Å². The van der Waals surface area contributed by atoms with Crippen LogP contribution < -0.4 is 0 Å². The molecule has 0 radical (unpaired) electrons. The van der Waals surface area contributed by atoms with E-state index in [1.54, 1.807) is 7.11 Å². The van der Waals surface area contributed by atoms with Crippen molar-refractivity contribution in [2.75, 3.05) is 17.8 Å². The van der Waals surface area contributed by atoms with Crippen LogP contribution in [-0.2, 0) is 10.2 Å². The molecule has 1 aromatic carbocycles. The highest BCUT2D eigenvalue weighted by Crippen LogP contribution is 2.34. The number of ether oxygens (including phenoxy) is 1. The summed E-state index contributed by atoms with van der Waals surface area (Å²) >= 11 is 7.28. The number of benzene rings is 1. The Morgan fingerprint density at radius 1 is 1.19 bits per heavy atom. The molecule has 0 saturated carbocycles. The van der Waals surface area contributed by atoms with Crippen molar-refractivity contribution in [3.63, 3.8) is 0 Å². The summed E-state index contributed by atoms with van der Waals surface area (Å²) in [6.07, 6.45) is 1.26. The Labute approximate surface area is 115 Å². The van der Waals surface area contributed by atoms with Gasteiger partial charge in [-0.3, -0.25) is 0 Å². The summed E-state index contributed by atoms with van der Waals surface area (Å²) in [6, 6.07) is 10.6. The Bertz CT molecular complexity index is 296. The molecule has 1 nitrogen and oxygen atoms in total. The molecule has 1 aromatic rings. The molecule has 0 fully saturated rings. The van der Waals surface area contributed by atoms with Gasteiger partial charge >= 0.3 is 0 Å². The quantitative estimate of drug-likeness (QED) is 0.701. The summed E-state index contributed by atoms with van der Waals surface area (Å²) in [5.41, 5.74) is 1.46. The first kappa shape index (κ1) is 14.2. The van der Waals surface area contributed by atoms with Gasteiger partial charge in [-0.25, -0.2) is 0 Å². The average molecular weight is 350 g/mol. The summed E-state index contributed by atoms with van der Waals surface area (Å²) in [7, 11) is 1.77. The second-order valence-electron chi connectivity index (χ2n) is 4.16. The highest BCUT2D eigenvalue weighted by molar-refractivity contribution is 9.09. The Balaban J connectivity index is 2.96. The number of halogens is 2. The molecule has 0 bridgehead atoms. The largest absolute Gasteiger partial charge is 0.382 e. The Morgan fingerprint density at radius 2 is 1.75 bits per heavy atom. The van der Waals surface area contributed by atoms with Gasteiger partial charge in [-0.15, -0.1) is 0 Å². The Morgan fingerprint density at radius 3 is 2.19 bits per heavy atom. The van der Waals surface area contributed by atoms with Crippen molar-refractivity contribution in [3.8, 4) is 0 Å². The number of hydrogen-bond donors (Lipinski definition) is 0. The average Bonchev–Trinajstić information content (AvgIpc) is 2.37. The van der Waals surface area contributed by atoms with Crippen molar-refractivity contribution in [3.05, 3.63) is 35.9 Å². The van der Waals surface area contributed by atoms with Gasteiger partial charge < -0.3 is 4.74 Å². The zero-order valence-corrected chi connectivity index (χ0v) is 12.9. The van der Waals surface area contributed by atoms with E-state index in [2.05, 4.69) is 69.1 Å². The lowest BCUT2D eigenvalue weighted by Gasteiger charge is -2.33. The molecule has 0 spiro atoms. The predicted molar refractivity (Wildman–Crippen MR) is 76.8 cm³/mol. The van der Waals surface area contributed by atoms with E-state index in [1.807, 2.05) is 0 Å². The molecule has 0 saturated heterocycles. The number of hydrogen-bond acceptors (Lipinski definition) is 1. The van der Waals surface area contributed by atoms with E-state index in [9.17, 15) is 0 Å².